The number of halogens is 1. The maximum atomic E-state index is 14.3. The zero-order valence-corrected chi connectivity index (χ0v) is 18.1. The van der Waals surface area contributed by atoms with Crippen molar-refractivity contribution in [2.45, 2.75) is 45.9 Å². The van der Waals surface area contributed by atoms with Crippen LogP contribution < -0.4 is 0 Å². The standard InChI is InChI=1S/C25H28FN3O2/c1-18-9-10-19(2)20(14-18)15-28-12-11-27-24(28)17-29(16-21-6-5-13-31-21)25(30)22-7-3-4-8-23(22)26/h3-4,7-12,14,21H,5-6,13,15-17H2,1-2H3/t21-/m0/s1. The van der Waals surface area contributed by atoms with Crippen molar-refractivity contribution in [3.63, 3.8) is 0 Å². The number of hydrogen-bond acceptors (Lipinski definition) is 3. The van der Waals surface area contributed by atoms with E-state index in [-0.39, 0.29) is 17.6 Å². The number of ether oxygens (including phenoxy) is 1. The first-order valence-corrected chi connectivity index (χ1v) is 10.7. The molecule has 1 aliphatic heterocycles. The molecule has 0 spiro atoms. The van der Waals surface area contributed by atoms with Crippen molar-refractivity contribution in [1.82, 2.24) is 14.5 Å². The normalized spacial score (nSPS) is 15.9. The van der Waals surface area contributed by atoms with E-state index < -0.39 is 5.82 Å². The average Bonchev–Trinajstić information content (AvgIpc) is 3.42. The summed E-state index contributed by atoms with van der Waals surface area (Å²) in [7, 11) is 0. The van der Waals surface area contributed by atoms with Crippen LogP contribution in [0.2, 0.25) is 0 Å². The van der Waals surface area contributed by atoms with Crippen molar-refractivity contribution in [2.24, 2.45) is 0 Å². The minimum Gasteiger partial charge on any atom is -0.376 e. The quantitative estimate of drug-likeness (QED) is 0.564. The van der Waals surface area contributed by atoms with Gasteiger partial charge in [0.25, 0.3) is 5.91 Å². The number of aryl methyl sites for hydroxylation is 2. The van der Waals surface area contributed by atoms with E-state index in [9.17, 15) is 9.18 Å². The Labute approximate surface area is 182 Å². The molecule has 1 aromatic heterocycles. The highest BCUT2D eigenvalue weighted by Gasteiger charge is 2.26. The van der Waals surface area contributed by atoms with Crippen molar-refractivity contribution < 1.29 is 13.9 Å². The summed E-state index contributed by atoms with van der Waals surface area (Å²) in [5, 5.41) is 0. The van der Waals surface area contributed by atoms with E-state index in [1.54, 1.807) is 23.2 Å². The van der Waals surface area contributed by atoms with Gasteiger partial charge >= 0.3 is 0 Å². The van der Waals surface area contributed by atoms with Crippen LogP contribution >= 0.6 is 0 Å². The van der Waals surface area contributed by atoms with Gasteiger partial charge in [0.1, 0.15) is 11.6 Å². The first-order chi connectivity index (χ1) is 15.0. The van der Waals surface area contributed by atoms with Crippen molar-refractivity contribution >= 4 is 5.91 Å². The Bertz CT molecular complexity index is 1060. The third-order valence-electron chi connectivity index (χ3n) is 5.82. The van der Waals surface area contributed by atoms with E-state index in [0.717, 1.165) is 18.7 Å². The summed E-state index contributed by atoms with van der Waals surface area (Å²) in [5.74, 6) is -0.0814. The smallest absolute Gasteiger partial charge is 0.257 e. The fourth-order valence-electron chi connectivity index (χ4n) is 4.02. The van der Waals surface area contributed by atoms with Crippen LogP contribution in [0.15, 0.2) is 54.9 Å². The minimum absolute atomic E-state index is 0.0295. The van der Waals surface area contributed by atoms with Gasteiger partial charge in [-0.2, -0.15) is 0 Å². The number of carbonyl (C=O) groups is 1. The number of benzene rings is 2. The summed E-state index contributed by atoms with van der Waals surface area (Å²) in [5.41, 5.74) is 3.71. The Morgan fingerprint density at radius 2 is 2.10 bits per heavy atom. The number of amides is 1. The minimum atomic E-state index is -0.511. The third-order valence-corrected chi connectivity index (χ3v) is 5.82. The molecular formula is C25H28FN3O2. The average molecular weight is 422 g/mol. The number of imidazole rings is 1. The Morgan fingerprint density at radius 1 is 1.26 bits per heavy atom. The molecule has 0 radical (unpaired) electrons. The number of nitrogens with zero attached hydrogens (tertiary/aromatic N) is 3. The fourth-order valence-corrected chi connectivity index (χ4v) is 4.02. The lowest BCUT2D eigenvalue weighted by Gasteiger charge is -2.26. The Kier molecular flexibility index (Phi) is 6.47. The van der Waals surface area contributed by atoms with Gasteiger partial charge < -0.3 is 14.2 Å². The molecule has 1 aliphatic rings. The molecule has 162 valence electrons. The molecule has 2 aromatic carbocycles. The van der Waals surface area contributed by atoms with Crippen LogP contribution in [0.4, 0.5) is 4.39 Å². The molecule has 3 aromatic rings. The van der Waals surface area contributed by atoms with Crippen LogP contribution in [0, 0.1) is 19.7 Å². The lowest BCUT2D eigenvalue weighted by Crippen LogP contribution is -2.38. The van der Waals surface area contributed by atoms with Gasteiger partial charge in [0.2, 0.25) is 0 Å². The molecular weight excluding hydrogens is 393 g/mol. The largest absolute Gasteiger partial charge is 0.376 e. The van der Waals surface area contributed by atoms with Crippen LogP contribution in [-0.4, -0.2) is 39.6 Å². The van der Waals surface area contributed by atoms with Crippen LogP contribution in [-0.2, 0) is 17.8 Å². The van der Waals surface area contributed by atoms with E-state index in [4.69, 9.17) is 4.74 Å². The molecule has 0 N–H and O–H groups in total. The molecule has 1 amide bonds. The van der Waals surface area contributed by atoms with E-state index in [2.05, 4.69) is 41.6 Å². The van der Waals surface area contributed by atoms with Gasteiger partial charge in [-0.3, -0.25) is 4.79 Å². The molecule has 31 heavy (non-hydrogen) atoms. The summed E-state index contributed by atoms with van der Waals surface area (Å²) >= 11 is 0. The van der Waals surface area contributed by atoms with Gasteiger partial charge in [-0.25, -0.2) is 9.37 Å². The highest BCUT2D eigenvalue weighted by atomic mass is 19.1. The van der Waals surface area contributed by atoms with Gasteiger partial charge in [0.15, 0.2) is 0 Å². The summed E-state index contributed by atoms with van der Waals surface area (Å²) in [4.78, 5) is 19.4. The van der Waals surface area contributed by atoms with Crippen LogP contribution in [0.1, 0.15) is 45.7 Å². The molecule has 5 nitrogen and oxygen atoms in total. The summed E-state index contributed by atoms with van der Waals surface area (Å²) in [6, 6.07) is 12.5. The maximum absolute atomic E-state index is 14.3. The number of carbonyl (C=O) groups excluding carboxylic acids is 1. The van der Waals surface area contributed by atoms with Gasteiger partial charge in [0.05, 0.1) is 18.2 Å². The molecule has 1 atom stereocenters. The molecule has 0 aliphatic carbocycles. The molecule has 6 heteroatoms. The van der Waals surface area contributed by atoms with Gasteiger partial charge in [0, 0.05) is 32.1 Å². The van der Waals surface area contributed by atoms with E-state index in [1.165, 1.54) is 28.8 Å². The maximum Gasteiger partial charge on any atom is 0.257 e. The first kappa shape index (κ1) is 21.2. The summed E-state index contributed by atoms with van der Waals surface area (Å²) in [6.45, 7) is 6.26. The second-order valence-electron chi connectivity index (χ2n) is 8.20. The molecule has 0 saturated carbocycles. The monoisotopic (exact) mass is 421 g/mol. The highest BCUT2D eigenvalue weighted by Crippen LogP contribution is 2.19. The SMILES string of the molecule is Cc1ccc(C)c(Cn2ccnc2CN(C[C@@H]2CCCO2)C(=O)c2ccccc2F)c1. The van der Waals surface area contributed by atoms with Gasteiger partial charge in [-0.05, 0) is 49.9 Å². The second kappa shape index (κ2) is 9.43. The predicted molar refractivity (Wildman–Crippen MR) is 117 cm³/mol. The molecule has 0 unspecified atom stereocenters. The molecule has 0 bridgehead atoms. The second-order valence-corrected chi connectivity index (χ2v) is 8.20. The van der Waals surface area contributed by atoms with E-state index >= 15 is 0 Å². The summed E-state index contributed by atoms with van der Waals surface area (Å²) < 4.78 is 22.2. The zero-order valence-electron chi connectivity index (χ0n) is 18.1. The van der Waals surface area contributed by atoms with Crippen molar-refractivity contribution in [1.29, 1.82) is 0 Å². The fraction of sp³-hybridized carbons (Fsp3) is 0.360. The molecule has 1 saturated heterocycles. The number of hydrogen-bond donors (Lipinski definition) is 0. The predicted octanol–water partition coefficient (Wildman–Crippen LogP) is 4.51. The van der Waals surface area contributed by atoms with Crippen molar-refractivity contribution in [3.8, 4) is 0 Å². The van der Waals surface area contributed by atoms with Crippen LogP contribution in [0.25, 0.3) is 0 Å². The Morgan fingerprint density at radius 3 is 2.87 bits per heavy atom. The molecule has 2 heterocycles. The van der Waals surface area contributed by atoms with Gasteiger partial charge in [-0.1, -0.05) is 35.9 Å². The van der Waals surface area contributed by atoms with Crippen molar-refractivity contribution in [3.05, 3.63) is 88.8 Å². The third kappa shape index (κ3) is 5.02. The summed E-state index contributed by atoms with van der Waals surface area (Å²) in [6.07, 6.45) is 5.52. The lowest BCUT2D eigenvalue weighted by molar-refractivity contribution is 0.0495. The van der Waals surface area contributed by atoms with Crippen LogP contribution in [0.5, 0.6) is 0 Å². The molecule has 4 rings (SSSR count). The number of rotatable bonds is 7. The lowest BCUT2D eigenvalue weighted by atomic mass is 10.1. The van der Waals surface area contributed by atoms with Crippen molar-refractivity contribution in [2.75, 3.05) is 13.2 Å². The zero-order chi connectivity index (χ0) is 21.8. The highest BCUT2D eigenvalue weighted by molar-refractivity contribution is 5.94. The number of aromatic nitrogens is 2. The Balaban J connectivity index is 1.58. The van der Waals surface area contributed by atoms with E-state index in [0.29, 0.717) is 26.2 Å². The first-order valence-electron chi connectivity index (χ1n) is 10.7. The topological polar surface area (TPSA) is 47.4 Å². The van der Waals surface area contributed by atoms with Crippen LogP contribution in [0.3, 0.4) is 0 Å². The Hall–Kier alpha value is -2.99. The van der Waals surface area contributed by atoms with Gasteiger partial charge in [-0.15, -0.1) is 0 Å². The van der Waals surface area contributed by atoms with E-state index in [1.807, 2.05) is 6.20 Å². The molecule has 1 fully saturated rings.